The number of likely N-dealkylation sites (N-methyl/N-ethyl adjacent to an activating group) is 1. The van der Waals surface area contributed by atoms with Crippen molar-refractivity contribution in [1.82, 2.24) is 14.3 Å². The van der Waals surface area contributed by atoms with Crippen molar-refractivity contribution in [2.24, 2.45) is 0 Å². The van der Waals surface area contributed by atoms with E-state index in [4.69, 9.17) is 4.74 Å². The second-order valence-electron chi connectivity index (χ2n) is 5.11. The van der Waals surface area contributed by atoms with Crippen LogP contribution in [0.3, 0.4) is 0 Å². The van der Waals surface area contributed by atoms with Crippen molar-refractivity contribution in [2.45, 2.75) is 24.2 Å². The molecule has 0 amide bonds. The molecule has 1 unspecified atom stereocenters. The van der Waals surface area contributed by atoms with Crippen LogP contribution in [0.1, 0.15) is 11.1 Å². The number of hydrogen-bond acceptors (Lipinski definition) is 4. The summed E-state index contributed by atoms with van der Waals surface area (Å²) in [5, 5.41) is 0.0983. The third-order valence-electron chi connectivity index (χ3n) is 3.66. The van der Waals surface area contributed by atoms with E-state index in [2.05, 4.69) is 16.0 Å². The minimum atomic E-state index is -3.54. The Labute approximate surface area is 123 Å². The highest BCUT2D eigenvalue weighted by atomic mass is 32.2. The number of aromatic nitrogens is 2. The van der Waals surface area contributed by atoms with Gasteiger partial charge in [0.15, 0.2) is 5.03 Å². The van der Waals surface area contributed by atoms with E-state index >= 15 is 0 Å². The van der Waals surface area contributed by atoms with Gasteiger partial charge in [-0.15, -0.1) is 0 Å². The number of ether oxygens (including phenoxy) is 1. The van der Waals surface area contributed by atoms with Crippen molar-refractivity contribution in [2.75, 3.05) is 13.6 Å². The van der Waals surface area contributed by atoms with E-state index in [-0.39, 0.29) is 11.1 Å². The normalized spacial score (nSPS) is 18.7. The fraction of sp³-hybridized carbons (Fsp3) is 0.357. The maximum absolute atomic E-state index is 12.3. The second-order valence-corrected chi connectivity index (χ2v) is 7.12. The summed E-state index contributed by atoms with van der Waals surface area (Å²) >= 11 is 0. The molecule has 1 aromatic heterocycles. The average Bonchev–Trinajstić information content (AvgIpc) is 3.02. The Morgan fingerprint density at radius 1 is 1.38 bits per heavy atom. The van der Waals surface area contributed by atoms with E-state index in [9.17, 15) is 8.42 Å². The molecule has 6 nitrogen and oxygen atoms in total. The smallest absolute Gasteiger partial charge is 0.259 e. The standard InChI is InChI=1S/C14H17N3O3S/c1-17(21(18,19)14-7-15-10-16-14)8-13-6-11-4-2-3-5-12(11)9-20-13/h2-5,7,10,13H,6,8-9H2,1H3,(H,15,16). The fourth-order valence-corrected chi connectivity index (χ4v) is 3.56. The first-order valence-electron chi connectivity index (χ1n) is 6.70. The third kappa shape index (κ3) is 2.85. The van der Waals surface area contributed by atoms with Gasteiger partial charge in [0, 0.05) is 20.0 Å². The highest BCUT2D eigenvalue weighted by Crippen LogP contribution is 2.22. The van der Waals surface area contributed by atoms with Crippen molar-refractivity contribution in [3.63, 3.8) is 0 Å². The van der Waals surface area contributed by atoms with Crippen LogP contribution in [0.25, 0.3) is 0 Å². The van der Waals surface area contributed by atoms with Gasteiger partial charge >= 0.3 is 0 Å². The summed E-state index contributed by atoms with van der Waals surface area (Å²) in [6.45, 7) is 0.842. The molecule has 1 aliphatic heterocycles. The Hall–Kier alpha value is -1.70. The number of benzene rings is 1. The monoisotopic (exact) mass is 307 g/mol. The first kappa shape index (κ1) is 14.2. The molecule has 1 aromatic carbocycles. The molecule has 0 saturated heterocycles. The van der Waals surface area contributed by atoms with Crippen molar-refractivity contribution >= 4 is 10.0 Å². The van der Waals surface area contributed by atoms with Crippen LogP contribution in [0.2, 0.25) is 0 Å². The Kier molecular flexibility index (Phi) is 3.79. The molecule has 112 valence electrons. The fourth-order valence-electron chi connectivity index (χ4n) is 2.46. The van der Waals surface area contributed by atoms with Crippen molar-refractivity contribution in [3.05, 3.63) is 47.9 Å². The molecule has 1 aliphatic rings. The van der Waals surface area contributed by atoms with Gasteiger partial charge in [-0.2, -0.15) is 4.31 Å². The lowest BCUT2D eigenvalue weighted by atomic mass is 9.99. The zero-order valence-corrected chi connectivity index (χ0v) is 12.5. The van der Waals surface area contributed by atoms with Gasteiger partial charge in [0.1, 0.15) is 0 Å². The summed E-state index contributed by atoms with van der Waals surface area (Å²) in [5.74, 6) is 0. The SMILES string of the molecule is CN(CC1Cc2ccccc2CO1)S(=O)(=O)c1cnc[nH]1. The van der Waals surface area contributed by atoms with Crippen LogP contribution in [0.15, 0.2) is 41.8 Å². The highest BCUT2D eigenvalue weighted by Gasteiger charge is 2.27. The van der Waals surface area contributed by atoms with Crippen molar-refractivity contribution in [1.29, 1.82) is 0 Å². The van der Waals surface area contributed by atoms with Gasteiger partial charge in [-0.3, -0.25) is 0 Å². The molecule has 2 heterocycles. The third-order valence-corrected chi connectivity index (χ3v) is 5.41. The van der Waals surface area contributed by atoms with Crippen LogP contribution in [-0.4, -0.2) is 42.4 Å². The number of H-pyrrole nitrogens is 1. The molecule has 1 atom stereocenters. The Bertz CT molecular complexity index is 713. The van der Waals surface area contributed by atoms with E-state index in [0.717, 1.165) is 6.42 Å². The van der Waals surface area contributed by atoms with Crippen molar-refractivity contribution in [3.8, 4) is 0 Å². The number of imidazole rings is 1. The number of nitrogens with one attached hydrogen (secondary N) is 1. The molecule has 3 rings (SSSR count). The van der Waals surface area contributed by atoms with Gasteiger partial charge in [-0.1, -0.05) is 24.3 Å². The molecule has 0 spiro atoms. The molecular weight excluding hydrogens is 290 g/mol. The Morgan fingerprint density at radius 3 is 2.86 bits per heavy atom. The number of aromatic amines is 1. The zero-order valence-electron chi connectivity index (χ0n) is 11.7. The van der Waals surface area contributed by atoms with Gasteiger partial charge in [0.05, 0.1) is 25.2 Å². The molecule has 0 aliphatic carbocycles. The number of hydrogen-bond donors (Lipinski definition) is 1. The average molecular weight is 307 g/mol. The van der Waals surface area contributed by atoms with E-state index in [1.165, 1.54) is 28.0 Å². The van der Waals surface area contributed by atoms with E-state index < -0.39 is 10.0 Å². The van der Waals surface area contributed by atoms with Crippen LogP contribution < -0.4 is 0 Å². The predicted molar refractivity (Wildman–Crippen MR) is 77.1 cm³/mol. The lowest BCUT2D eigenvalue weighted by Gasteiger charge is -2.28. The zero-order chi connectivity index (χ0) is 14.9. The molecule has 2 aromatic rings. The molecule has 0 bridgehead atoms. The molecule has 21 heavy (non-hydrogen) atoms. The number of fused-ring (bicyclic) bond motifs is 1. The van der Waals surface area contributed by atoms with Crippen LogP contribution >= 0.6 is 0 Å². The van der Waals surface area contributed by atoms with Crippen LogP contribution in [-0.2, 0) is 27.8 Å². The summed E-state index contributed by atoms with van der Waals surface area (Å²) in [6, 6.07) is 8.08. The van der Waals surface area contributed by atoms with Crippen molar-refractivity contribution < 1.29 is 13.2 Å². The van der Waals surface area contributed by atoms with Crippen LogP contribution in [0.5, 0.6) is 0 Å². The quantitative estimate of drug-likeness (QED) is 0.920. The lowest BCUT2D eigenvalue weighted by molar-refractivity contribution is 0.0202. The predicted octanol–water partition coefficient (Wildman–Crippen LogP) is 1.17. The highest BCUT2D eigenvalue weighted by molar-refractivity contribution is 7.89. The largest absolute Gasteiger partial charge is 0.372 e. The summed E-state index contributed by atoms with van der Waals surface area (Å²) in [5.41, 5.74) is 2.40. The molecule has 1 N–H and O–H groups in total. The summed E-state index contributed by atoms with van der Waals surface area (Å²) < 4.78 is 31.7. The molecular formula is C14H17N3O3S. The summed E-state index contributed by atoms with van der Waals surface area (Å²) in [7, 11) is -1.98. The number of nitrogens with zero attached hydrogens (tertiary/aromatic N) is 2. The minimum Gasteiger partial charge on any atom is -0.372 e. The van der Waals surface area contributed by atoms with Gasteiger partial charge in [-0.25, -0.2) is 13.4 Å². The van der Waals surface area contributed by atoms with Gasteiger partial charge in [0.2, 0.25) is 0 Å². The van der Waals surface area contributed by atoms with E-state index in [1.807, 2.05) is 18.2 Å². The molecule has 0 saturated carbocycles. The molecule has 0 radical (unpaired) electrons. The van der Waals surface area contributed by atoms with Crippen LogP contribution in [0.4, 0.5) is 0 Å². The van der Waals surface area contributed by atoms with Crippen LogP contribution in [0, 0.1) is 0 Å². The first-order valence-corrected chi connectivity index (χ1v) is 8.14. The number of rotatable bonds is 4. The maximum Gasteiger partial charge on any atom is 0.259 e. The second kappa shape index (κ2) is 5.59. The molecule has 7 heteroatoms. The van der Waals surface area contributed by atoms with Gasteiger partial charge < -0.3 is 9.72 Å². The Morgan fingerprint density at radius 2 is 2.14 bits per heavy atom. The first-order chi connectivity index (χ1) is 10.1. The summed E-state index contributed by atoms with van der Waals surface area (Å²) in [4.78, 5) is 6.38. The summed E-state index contributed by atoms with van der Waals surface area (Å²) in [6.07, 6.45) is 3.25. The topological polar surface area (TPSA) is 75.3 Å². The van der Waals surface area contributed by atoms with E-state index in [0.29, 0.717) is 13.2 Å². The maximum atomic E-state index is 12.3. The Balaban J connectivity index is 1.71. The molecule has 0 fully saturated rings. The van der Waals surface area contributed by atoms with Gasteiger partial charge in [0.25, 0.3) is 10.0 Å². The van der Waals surface area contributed by atoms with Gasteiger partial charge in [-0.05, 0) is 11.1 Å². The van der Waals surface area contributed by atoms with E-state index in [1.54, 1.807) is 7.05 Å². The lowest BCUT2D eigenvalue weighted by Crippen LogP contribution is -2.38. The number of sulfonamides is 1. The minimum absolute atomic E-state index is 0.0983.